The zero-order valence-electron chi connectivity index (χ0n) is 14.8. The number of aryl methyl sites for hydroxylation is 1. The molecule has 0 bridgehead atoms. The summed E-state index contributed by atoms with van der Waals surface area (Å²) in [6.45, 7) is 9.14. The minimum absolute atomic E-state index is 0.698. The fraction of sp³-hybridized carbons (Fsp3) is 0.684. The molecule has 3 heteroatoms. The Morgan fingerprint density at radius 3 is 2.36 bits per heavy atom. The highest BCUT2D eigenvalue weighted by molar-refractivity contribution is 6.34. The standard InChI is InChI=1S/C19H30B2O/c1-5-6-7-8-9-14(2)15(3)12-17-10-11-18(13-16(17)4)22-19(20)21/h10-11,13-15,19H,5-9,12H2,1-4H3/t14?,15-/m0/s1. The smallest absolute Gasteiger partial charge is 0.117 e. The third kappa shape index (κ3) is 6.94. The van der Waals surface area contributed by atoms with Crippen LogP contribution in [0.3, 0.4) is 0 Å². The first-order valence-electron chi connectivity index (χ1n) is 8.71. The van der Waals surface area contributed by atoms with Crippen molar-refractivity contribution in [2.24, 2.45) is 11.8 Å². The van der Waals surface area contributed by atoms with E-state index in [2.05, 4.69) is 33.8 Å². The summed E-state index contributed by atoms with van der Waals surface area (Å²) in [6.07, 6.45) is 7.87. The van der Waals surface area contributed by atoms with Gasteiger partial charge in [0, 0.05) is 5.90 Å². The third-order valence-electron chi connectivity index (χ3n) is 4.61. The second kappa shape index (κ2) is 10.0. The Labute approximate surface area is 140 Å². The van der Waals surface area contributed by atoms with Crippen LogP contribution >= 0.6 is 0 Å². The van der Waals surface area contributed by atoms with Crippen molar-refractivity contribution < 1.29 is 4.74 Å². The monoisotopic (exact) mass is 296 g/mol. The summed E-state index contributed by atoms with van der Waals surface area (Å²) in [5.41, 5.74) is 2.65. The van der Waals surface area contributed by atoms with Gasteiger partial charge in [0.1, 0.15) is 21.4 Å². The van der Waals surface area contributed by atoms with E-state index in [1.807, 2.05) is 12.1 Å². The van der Waals surface area contributed by atoms with E-state index < -0.39 is 5.90 Å². The molecule has 0 aromatic heterocycles. The first kappa shape index (κ1) is 19.2. The topological polar surface area (TPSA) is 9.23 Å². The summed E-state index contributed by atoms with van der Waals surface area (Å²) < 4.78 is 5.33. The minimum Gasteiger partial charge on any atom is -0.510 e. The summed E-state index contributed by atoms with van der Waals surface area (Å²) in [5.74, 6) is 1.46. The van der Waals surface area contributed by atoms with E-state index in [0.717, 1.165) is 18.1 Å². The second-order valence-corrected chi connectivity index (χ2v) is 6.68. The van der Waals surface area contributed by atoms with Crippen molar-refractivity contribution in [1.82, 2.24) is 0 Å². The molecule has 0 aliphatic carbocycles. The zero-order valence-corrected chi connectivity index (χ0v) is 14.8. The van der Waals surface area contributed by atoms with E-state index in [1.165, 1.54) is 43.2 Å². The molecule has 0 fully saturated rings. The van der Waals surface area contributed by atoms with Crippen LogP contribution in [0.1, 0.15) is 64.0 Å². The Hall–Kier alpha value is -0.850. The Morgan fingerprint density at radius 2 is 1.77 bits per heavy atom. The third-order valence-corrected chi connectivity index (χ3v) is 4.61. The number of ether oxygens (including phenoxy) is 1. The normalized spacial score (nSPS) is 14.0. The second-order valence-electron chi connectivity index (χ2n) is 6.68. The van der Waals surface area contributed by atoms with Crippen LogP contribution in [0.15, 0.2) is 18.2 Å². The molecule has 0 saturated carbocycles. The van der Waals surface area contributed by atoms with E-state index in [0.29, 0.717) is 5.92 Å². The molecule has 1 rings (SSSR count). The van der Waals surface area contributed by atoms with Crippen LogP contribution in [0.2, 0.25) is 0 Å². The molecule has 0 aliphatic heterocycles. The predicted octanol–water partition coefficient (Wildman–Crippen LogP) is 4.78. The molecule has 118 valence electrons. The highest BCUT2D eigenvalue weighted by Crippen LogP contribution is 2.26. The van der Waals surface area contributed by atoms with Crippen molar-refractivity contribution >= 4 is 15.7 Å². The largest absolute Gasteiger partial charge is 0.510 e. The van der Waals surface area contributed by atoms with Gasteiger partial charge in [0.25, 0.3) is 0 Å². The van der Waals surface area contributed by atoms with Crippen LogP contribution in [0, 0.1) is 18.8 Å². The zero-order chi connectivity index (χ0) is 16.5. The molecule has 0 spiro atoms. The fourth-order valence-electron chi connectivity index (χ4n) is 2.85. The first-order valence-corrected chi connectivity index (χ1v) is 8.71. The van der Waals surface area contributed by atoms with Gasteiger partial charge in [-0.15, -0.1) is 0 Å². The number of hydrogen-bond acceptors (Lipinski definition) is 1. The lowest BCUT2D eigenvalue weighted by atomic mass is 9.82. The van der Waals surface area contributed by atoms with Gasteiger partial charge in [-0.25, -0.2) is 0 Å². The van der Waals surface area contributed by atoms with Gasteiger partial charge in [-0.3, -0.25) is 0 Å². The van der Waals surface area contributed by atoms with Gasteiger partial charge in [0.2, 0.25) is 0 Å². The fourth-order valence-corrected chi connectivity index (χ4v) is 2.85. The van der Waals surface area contributed by atoms with Gasteiger partial charge in [-0.05, 0) is 48.4 Å². The van der Waals surface area contributed by atoms with Crippen LogP contribution in [-0.2, 0) is 6.42 Å². The minimum atomic E-state index is -0.757. The molecule has 1 nitrogen and oxygen atoms in total. The van der Waals surface area contributed by atoms with Gasteiger partial charge < -0.3 is 4.74 Å². The van der Waals surface area contributed by atoms with E-state index in [9.17, 15) is 0 Å². The molecule has 0 heterocycles. The molecule has 1 unspecified atom stereocenters. The number of benzene rings is 1. The van der Waals surface area contributed by atoms with E-state index >= 15 is 0 Å². The highest BCUT2D eigenvalue weighted by Gasteiger charge is 2.14. The van der Waals surface area contributed by atoms with Crippen molar-refractivity contribution in [2.75, 3.05) is 0 Å². The van der Waals surface area contributed by atoms with Gasteiger partial charge in [-0.2, -0.15) is 0 Å². The van der Waals surface area contributed by atoms with Gasteiger partial charge in [0.15, 0.2) is 0 Å². The molecule has 0 N–H and O–H groups in total. The molecule has 1 aromatic rings. The van der Waals surface area contributed by atoms with Crippen LogP contribution in [0.5, 0.6) is 5.75 Å². The van der Waals surface area contributed by atoms with Crippen LogP contribution in [-0.4, -0.2) is 21.6 Å². The molecule has 1 aromatic carbocycles. The lowest BCUT2D eigenvalue weighted by molar-refractivity contribution is 0.346. The van der Waals surface area contributed by atoms with Gasteiger partial charge >= 0.3 is 0 Å². The predicted molar refractivity (Wildman–Crippen MR) is 97.9 cm³/mol. The lowest BCUT2D eigenvalue weighted by Gasteiger charge is -2.21. The molecular formula is C19H30B2O. The lowest BCUT2D eigenvalue weighted by Crippen LogP contribution is -2.16. The van der Waals surface area contributed by atoms with Crippen molar-refractivity contribution in [2.45, 2.75) is 72.1 Å². The van der Waals surface area contributed by atoms with E-state index in [-0.39, 0.29) is 0 Å². The number of rotatable bonds is 10. The first-order chi connectivity index (χ1) is 10.4. The Bertz CT molecular complexity index is 431. The molecule has 22 heavy (non-hydrogen) atoms. The molecule has 0 saturated heterocycles. The maximum absolute atomic E-state index is 5.46. The maximum Gasteiger partial charge on any atom is 0.117 e. The summed E-state index contributed by atoms with van der Waals surface area (Å²) >= 11 is 0. The molecule has 0 amide bonds. The maximum atomic E-state index is 5.46. The Kier molecular flexibility index (Phi) is 8.75. The van der Waals surface area contributed by atoms with Crippen molar-refractivity contribution in [3.05, 3.63) is 29.3 Å². The van der Waals surface area contributed by atoms with E-state index in [1.54, 1.807) is 0 Å². The Morgan fingerprint density at radius 1 is 1.05 bits per heavy atom. The van der Waals surface area contributed by atoms with Crippen LogP contribution in [0.25, 0.3) is 0 Å². The number of unbranched alkanes of at least 4 members (excludes halogenated alkanes) is 3. The molecule has 0 aliphatic rings. The summed E-state index contributed by atoms with van der Waals surface area (Å²) in [7, 11) is 10.9. The van der Waals surface area contributed by atoms with E-state index in [4.69, 9.17) is 20.4 Å². The van der Waals surface area contributed by atoms with Crippen molar-refractivity contribution in [3.63, 3.8) is 0 Å². The average Bonchev–Trinajstić information content (AvgIpc) is 2.45. The van der Waals surface area contributed by atoms with Gasteiger partial charge in [-0.1, -0.05) is 58.9 Å². The number of hydrogen-bond donors (Lipinski definition) is 0. The molecular weight excluding hydrogens is 266 g/mol. The summed E-state index contributed by atoms with van der Waals surface area (Å²) in [5, 5.41) is 0. The van der Waals surface area contributed by atoms with Crippen molar-refractivity contribution in [3.8, 4) is 5.75 Å². The molecule has 2 atom stereocenters. The molecule has 4 radical (unpaired) electrons. The summed E-state index contributed by atoms with van der Waals surface area (Å²) in [6, 6.07) is 6.14. The summed E-state index contributed by atoms with van der Waals surface area (Å²) in [4.78, 5) is 0. The van der Waals surface area contributed by atoms with Crippen LogP contribution < -0.4 is 4.74 Å². The SMILES string of the molecule is [B]C([B])Oc1ccc(C[C@H](C)C(C)CCCCCC)c(C)c1. The van der Waals surface area contributed by atoms with Gasteiger partial charge in [0.05, 0.1) is 0 Å². The quantitative estimate of drug-likeness (QED) is 0.446. The van der Waals surface area contributed by atoms with Crippen molar-refractivity contribution in [1.29, 1.82) is 0 Å². The highest BCUT2D eigenvalue weighted by atomic mass is 16.5. The average molecular weight is 296 g/mol. The van der Waals surface area contributed by atoms with Crippen LogP contribution in [0.4, 0.5) is 0 Å². The Balaban J connectivity index is 2.51.